The summed E-state index contributed by atoms with van der Waals surface area (Å²) in [6.45, 7) is 0. The summed E-state index contributed by atoms with van der Waals surface area (Å²) in [5.41, 5.74) is 2.11. The summed E-state index contributed by atoms with van der Waals surface area (Å²) in [6, 6.07) is 9.84. The molecule has 1 aliphatic heterocycles. The quantitative estimate of drug-likeness (QED) is 0.799. The van der Waals surface area contributed by atoms with Gasteiger partial charge in [-0.1, -0.05) is 34.1 Å². The lowest BCUT2D eigenvalue weighted by atomic mass is 10.0. The van der Waals surface area contributed by atoms with Gasteiger partial charge in [0.1, 0.15) is 12.3 Å². The minimum atomic E-state index is -0.196. The van der Waals surface area contributed by atoms with Gasteiger partial charge in [0.05, 0.1) is 0 Å². The summed E-state index contributed by atoms with van der Waals surface area (Å²) >= 11 is 3.52. The highest BCUT2D eigenvalue weighted by molar-refractivity contribution is 9.10. The second-order valence-electron chi connectivity index (χ2n) is 3.62. The number of aldehydes is 1. The molecule has 0 aromatic heterocycles. The molecule has 1 unspecified atom stereocenters. The monoisotopic (exact) mass is 261 g/mol. The number of carbonyl (C=O) groups excluding carboxylic acids is 1. The highest BCUT2D eigenvalue weighted by Gasteiger charge is 2.23. The van der Waals surface area contributed by atoms with E-state index in [0.717, 1.165) is 32.8 Å². The van der Waals surface area contributed by atoms with E-state index in [1.54, 1.807) is 0 Å². The molecule has 0 amide bonds. The number of carbonyl (C=O) groups is 1. The van der Waals surface area contributed by atoms with Crippen LogP contribution in [0.4, 0.5) is 5.69 Å². The zero-order valence-electron chi connectivity index (χ0n) is 7.83. The van der Waals surface area contributed by atoms with Crippen molar-refractivity contribution in [3.8, 4) is 0 Å². The van der Waals surface area contributed by atoms with Crippen molar-refractivity contribution in [3.63, 3.8) is 0 Å². The van der Waals surface area contributed by atoms with Gasteiger partial charge in [-0.3, -0.25) is 0 Å². The Hall–Kier alpha value is -1.35. The normalized spacial score (nSPS) is 17.8. The van der Waals surface area contributed by atoms with E-state index >= 15 is 0 Å². The maximum Gasteiger partial charge on any atom is 0.146 e. The molecular weight excluding hydrogens is 254 g/mol. The maximum atomic E-state index is 10.9. The fourth-order valence-corrected chi connectivity index (χ4v) is 2.59. The average Bonchev–Trinajstić information content (AvgIpc) is 2.64. The van der Waals surface area contributed by atoms with Crippen LogP contribution in [0.15, 0.2) is 34.8 Å². The molecule has 2 aromatic rings. The Morgan fingerprint density at radius 2 is 2.13 bits per heavy atom. The summed E-state index contributed by atoms with van der Waals surface area (Å²) in [7, 11) is 0. The van der Waals surface area contributed by atoms with Gasteiger partial charge >= 0.3 is 0 Å². The van der Waals surface area contributed by atoms with Gasteiger partial charge in [-0.25, -0.2) is 0 Å². The van der Waals surface area contributed by atoms with Crippen molar-refractivity contribution < 1.29 is 4.79 Å². The number of hydrogen-bond acceptors (Lipinski definition) is 2. The third-order valence-corrected chi connectivity index (χ3v) is 3.49. The van der Waals surface area contributed by atoms with Gasteiger partial charge in [-0.2, -0.15) is 0 Å². The molecule has 1 N–H and O–H groups in total. The van der Waals surface area contributed by atoms with Crippen LogP contribution in [0.1, 0.15) is 11.6 Å². The highest BCUT2D eigenvalue weighted by Crippen LogP contribution is 2.40. The zero-order valence-corrected chi connectivity index (χ0v) is 9.41. The second kappa shape index (κ2) is 3.07. The van der Waals surface area contributed by atoms with Crippen LogP contribution in [0.2, 0.25) is 0 Å². The van der Waals surface area contributed by atoms with E-state index in [2.05, 4.69) is 27.3 Å². The van der Waals surface area contributed by atoms with Crippen LogP contribution in [0, 0.1) is 0 Å². The van der Waals surface area contributed by atoms with Crippen molar-refractivity contribution in [3.05, 3.63) is 40.4 Å². The molecule has 0 radical (unpaired) electrons. The lowest BCUT2D eigenvalue weighted by Gasteiger charge is -2.02. The molecule has 0 saturated carbocycles. The highest BCUT2D eigenvalue weighted by atomic mass is 79.9. The van der Waals surface area contributed by atoms with Crippen molar-refractivity contribution in [1.29, 1.82) is 0 Å². The predicted octanol–water partition coefficient (Wildman–Crippen LogP) is 3.27. The predicted molar refractivity (Wildman–Crippen MR) is 64.1 cm³/mol. The first-order valence-electron chi connectivity index (χ1n) is 4.74. The smallest absolute Gasteiger partial charge is 0.146 e. The van der Waals surface area contributed by atoms with E-state index in [9.17, 15) is 4.79 Å². The number of halogens is 1. The van der Waals surface area contributed by atoms with E-state index in [4.69, 9.17) is 0 Å². The van der Waals surface area contributed by atoms with Crippen LogP contribution < -0.4 is 5.32 Å². The third kappa shape index (κ3) is 1.13. The molecule has 0 bridgehead atoms. The van der Waals surface area contributed by atoms with Gasteiger partial charge in [0.25, 0.3) is 0 Å². The average molecular weight is 262 g/mol. The second-order valence-corrected chi connectivity index (χ2v) is 4.48. The summed E-state index contributed by atoms with van der Waals surface area (Å²) in [6.07, 6.45) is 0.947. The minimum absolute atomic E-state index is 0.196. The van der Waals surface area contributed by atoms with Gasteiger partial charge in [0.2, 0.25) is 0 Å². The molecule has 74 valence electrons. The van der Waals surface area contributed by atoms with Crippen LogP contribution in [-0.2, 0) is 4.79 Å². The van der Waals surface area contributed by atoms with Crippen LogP contribution >= 0.6 is 15.9 Å². The fraction of sp³-hybridized carbons (Fsp3) is 0.0833. The molecule has 1 aliphatic rings. The Morgan fingerprint density at radius 1 is 1.27 bits per heavy atom. The standard InChI is InChI=1S/C12H8BrNO/c13-9-4-5-10-12-7(9)2-1-3-8(12)11(6-15)14-10/h1-6,11,14H. The van der Waals surface area contributed by atoms with E-state index in [0.29, 0.717) is 0 Å². The van der Waals surface area contributed by atoms with Crippen LogP contribution in [0.3, 0.4) is 0 Å². The summed E-state index contributed by atoms with van der Waals surface area (Å²) in [5, 5.41) is 5.51. The molecule has 2 aromatic carbocycles. The van der Waals surface area contributed by atoms with Gasteiger partial charge in [-0.15, -0.1) is 0 Å². The van der Waals surface area contributed by atoms with Crippen molar-refractivity contribution in [1.82, 2.24) is 0 Å². The van der Waals surface area contributed by atoms with E-state index in [-0.39, 0.29) is 6.04 Å². The Morgan fingerprint density at radius 3 is 2.93 bits per heavy atom. The SMILES string of the molecule is O=CC1Nc2ccc(Br)c3cccc1c23. The number of nitrogens with one attached hydrogen (secondary N) is 1. The largest absolute Gasteiger partial charge is 0.371 e. The molecule has 15 heavy (non-hydrogen) atoms. The van der Waals surface area contributed by atoms with Crippen molar-refractivity contribution in [2.75, 3.05) is 5.32 Å². The topological polar surface area (TPSA) is 29.1 Å². The maximum absolute atomic E-state index is 10.9. The molecule has 3 rings (SSSR count). The molecule has 1 heterocycles. The van der Waals surface area contributed by atoms with Crippen molar-refractivity contribution in [2.45, 2.75) is 6.04 Å². The molecule has 0 fully saturated rings. The Labute approximate surface area is 95.4 Å². The molecule has 0 aliphatic carbocycles. The number of benzene rings is 2. The van der Waals surface area contributed by atoms with Crippen LogP contribution in [0.25, 0.3) is 10.8 Å². The Kier molecular flexibility index (Phi) is 1.83. The summed E-state index contributed by atoms with van der Waals surface area (Å²) in [5.74, 6) is 0. The molecule has 2 nitrogen and oxygen atoms in total. The number of rotatable bonds is 1. The minimum Gasteiger partial charge on any atom is -0.371 e. The number of anilines is 1. The summed E-state index contributed by atoms with van der Waals surface area (Å²) < 4.78 is 1.07. The Bertz CT molecular complexity index is 565. The van der Waals surface area contributed by atoms with E-state index in [1.165, 1.54) is 0 Å². The van der Waals surface area contributed by atoms with E-state index in [1.807, 2.05) is 24.3 Å². The Balaban J connectivity index is 2.45. The van der Waals surface area contributed by atoms with Gasteiger partial charge in [-0.05, 0) is 23.1 Å². The lowest BCUT2D eigenvalue weighted by molar-refractivity contribution is -0.108. The molecular formula is C12H8BrNO. The fourth-order valence-electron chi connectivity index (χ4n) is 2.13. The first-order valence-corrected chi connectivity index (χ1v) is 5.53. The summed E-state index contributed by atoms with van der Waals surface area (Å²) in [4.78, 5) is 10.9. The number of hydrogen-bond donors (Lipinski definition) is 1. The van der Waals surface area contributed by atoms with Gasteiger partial charge in [0.15, 0.2) is 0 Å². The third-order valence-electron chi connectivity index (χ3n) is 2.80. The first kappa shape index (κ1) is 8.92. The molecule has 3 heteroatoms. The molecule has 0 saturated heterocycles. The zero-order chi connectivity index (χ0) is 10.4. The van der Waals surface area contributed by atoms with E-state index < -0.39 is 0 Å². The van der Waals surface area contributed by atoms with Gasteiger partial charge < -0.3 is 10.1 Å². The van der Waals surface area contributed by atoms with Crippen LogP contribution in [0.5, 0.6) is 0 Å². The van der Waals surface area contributed by atoms with Crippen LogP contribution in [-0.4, -0.2) is 6.29 Å². The first-order chi connectivity index (χ1) is 7.31. The lowest BCUT2D eigenvalue weighted by Crippen LogP contribution is -2.04. The van der Waals surface area contributed by atoms with Gasteiger partial charge in [0, 0.05) is 15.5 Å². The molecule has 1 atom stereocenters. The van der Waals surface area contributed by atoms with Crippen molar-refractivity contribution >= 4 is 38.7 Å². The van der Waals surface area contributed by atoms with Crippen molar-refractivity contribution in [2.24, 2.45) is 0 Å². The molecule has 0 spiro atoms.